The molecular weight excluding hydrogens is 236 g/mol. The van der Waals surface area contributed by atoms with Gasteiger partial charge in [-0.2, -0.15) is 0 Å². The normalized spacial score (nSPS) is 37.9. The molecule has 0 atom stereocenters. The molecule has 0 aromatic rings. The molecule has 8 nitrogen and oxygen atoms in total. The maximum Gasteiger partial charge on any atom is 0.361 e. The Morgan fingerprint density at radius 3 is 1.35 bits per heavy atom. The maximum atomic E-state index is 10.6. The van der Waals surface area contributed by atoms with Gasteiger partial charge in [0, 0.05) is 0 Å². The van der Waals surface area contributed by atoms with E-state index in [2.05, 4.69) is 0 Å². The van der Waals surface area contributed by atoms with Crippen LogP contribution in [0.15, 0.2) is 0 Å². The topological polar surface area (TPSA) is 112 Å². The molecule has 8 heteroatoms. The highest BCUT2D eigenvalue weighted by molar-refractivity contribution is 5.71. The third kappa shape index (κ3) is 2.55. The standard InChI is InChI=1S/C9H12O8/c10-5(11)7-14-1-9(2-15-7)3-16-8(6(12)13)17-4-9/h7-8H,1-4H2,(H,10,11)(H,12,13). The van der Waals surface area contributed by atoms with Crippen molar-refractivity contribution in [2.75, 3.05) is 26.4 Å². The van der Waals surface area contributed by atoms with Crippen molar-refractivity contribution in [1.29, 1.82) is 0 Å². The van der Waals surface area contributed by atoms with E-state index in [-0.39, 0.29) is 26.4 Å². The van der Waals surface area contributed by atoms with E-state index in [0.717, 1.165) is 0 Å². The molecule has 2 heterocycles. The van der Waals surface area contributed by atoms with Crippen LogP contribution in [0.3, 0.4) is 0 Å². The molecule has 0 aliphatic carbocycles. The molecular formula is C9H12O8. The van der Waals surface area contributed by atoms with Gasteiger partial charge in [-0.15, -0.1) is 0 Å². The van der Waals surface area contributed by atoms with Crippen molar-refractivity contribution in [1.82, 2.24) is 0 Å². The number of ether oxygens (including phenoxy) is 4. The first-order valence-corrected chi connectivity index (χ1v) is 4.94. The number of hydrogen-bond acceptors (Lipinski definition) is 6. The average molecular weight is 248 g/mol. The van der Waals surface area contributed by atoms with Crippen LogP contribution in [0.1, 0.15) is 0 Å². The highest BCUT2D eigenvalue weighted by Gasteiger charge is 2.44. The van der Waals surface area contributed by atoms with Gasteiger partial charge in [0.2, 0.25) is 0 Å². The molecule has 0 aromatic heterocycles. The Hall–Kier alpha value is -1.22. The van der Waals surface area contributed by atoms with Crippen LogP contribution in [0.5, 0.6) is 0 Å². The number of aliphatic carboxylic acids is 2. The number of carboxylic acid groups (broad SMARTS) is 2. The summed E-state index contributed by atoms with van der Waals surface area (Å²) in [5, 5.41) is 17.3. The van der Waals surface area contributed by atoms with Crippen molar-refractivity contribution in [2.24, 2.45) is 5.41 Å². The van der Waals surface area contributed by atoms with E-state index in [9.17, 15) is 9.59 Å². The van der Waals surface area contributed by atoms with Gasteiger partial charge >= 0.3 is 11.9 Å². The average Bonchev–Trinajstić information content (AvgIpc) is 2.30. The molecule has 0 aromatic carbocycles. The van der Waals surface area contributed by atoms with Crippen LogP contribution < -0.4 is 0 Å². The van der Waals surface area contributed by atoms with E-state index in [0.29, 0.717) is 0 Å². The SMILES string of the molecule is O=C(O)C1OCC2(CO1)COC(C(=O)O)OC2. The molecule has 2 fully saturated rings. The number of carboxylic acids is 2. The zero-order chi connectivity index (χ0) is 12.5. The van der Waals surface area contributed by atoms with Gasteiger partial charge < -0.3 is 29.2 Å². The summed E-state index contributed by atoms with van der Waals surface area (Å²) in [5.41, 5.74) is -0.627. The summed E-state index contributed by atoms with van der Waals surface area (Å²) in [6.07, 6.45) is -2.56. The Labute approximate surface area is 96.0 Å². The summed E-state index contributed by atoms with van der Waals surface area (Å²) in [6, 6.07) is 0. The van der Waals surface area contributed by atoms with Crippen LogP contribution in [0.4, 0.5) is 0 Å². The lowest BCUT2D eigenvalue weighted by molar-refractivity contribution is -0.296. The molecule has 2 saturated heterocycles. The second-order valence-electron chi connectivity index (χ2n) is 4.08. The van der Waals surface area contributed by atoms with E-state index in [1.54, 1.807) is 0 Å². The van der Waals surface area contributed by atoms with Crippen LogP contribution in [-0.4, -0.2) is 61.2 Å². The number of carbonyl (C=O) groups is 2. The van der Waals surface area contributed by atoms with Crippen LogP contribution >= 0.6 is 0 Å². The van der Waals surface area contributed by atoms with Crippen LogP contribution in [0, 0.1) is 5.41 Å². The highest BCUT2D eigenvalue weighted by atomic mass is 16.7. The molecule has 0 bridgehead atoms. The van der Waals surface area contributed by atoms with Crippen LogP contribution in [0.25, 0.3) is 0 Å². The summed E-state index contributed by atoms with van der Waals surface area (Å²) in [5.74, 6) is -2.39. The largest absolute Gasteiger partial charge is 0.477 e. The minimum Gasteiger partial charge on any atom is -0.477 e. The van der Waals surface area contributed by atoms with Crippen molar-refractivity contribution in [3.05, 3.63) is 0 Å². The minimum absolute atomic E-state index is 0.0936. The summed E-state index contributed by atoms with van der Waals surface area (Å²) >= 11 is 0. The summed E-state index contributed by atoms with van der Waals surface area (Å²) in [7, 11) is 0. The van der Waals surface area contributed by atoms with Crippen molar-refractivity contribution < 1.29 is 38.7 Å². The molecule has 2 N–H and O–H groups in total. The fourth-order valence-electron chi connectivity index (χ4n) is 1.64. The number of rotatable bonds is 2. The molecule has 96 valence electrons. The van der Waals surface area contributed by atoms with Gasteiger partial charge in [0.05, 0.1) is 31.8 Å². The zero-order valence-corrected chi connectivity index (χ0v) is 8.83. The minimum atomic E-state index is -1.28. The molecule has 2 aliphatic heterocycles. The van der Waals surface area contributed by atoms with Crippen LogP contribution in [0.2, 0.25) is 0 Å². The second kappa shape index (κ2) is 4.57. The summed E-state index contributed by atoms with van der Waals surface area (Å²) in [6.45, 7) is 0.374. The van der Waals surface area contributed by atoms with Gasteiger partial charge in [-0.05, 0) is 0 Å². The lowest BCUT2D eigenvalue weighted by atomic mass is 9.91. The first-order valence-electron chi connectivity index (χ1n) is 4.94. The van der Waals surface area contributed by atoms with E-state index in [4.69, 9.17) is 29.2 Å². The van der Waals surface area contributed by atoms with E-state index in [1.807, 2.05) is 0 Å². The van der Waals surface area contributed by atoms with Crippen molar-refractivity contribution in [3.8, 4) is 0 Å². The van der Waals surface area contributed by atoms with Crippen LogP contribution in [-0.2, 0) is 28.5 Å². The Bertz CT molecular complexity index is 275. The number of hydrogen-bond donors (Lipinski definition) is 2. The Morgan fingerprint density at radius 2 is 1.12 bits per heavy atom. The molecule has 0 radical (unpaired) electrons. The third-order valence-electron chi connectivity index (χ3n) is 2.57. The van der Waals surface area contributed by atoms with E-state index < -0.39 is 29.9 Å². The predicted molar refractivity (Wildman–Crippen MR) is 49.1 cm³/mol. The van der Waals surface area contributed by atoms with Gasteiger partial charge in [-0.3, -0.25) is 0 Å². The Balaban J connectivity index is 1.88. The van der Waals surface area contributed by atoms with Crippen molar-refractivity contribution >= 4 is 11.9 Å². The smallest absolute Gasteiger partial charge is 0.361 e. The molecule has 0 unspecified atom stereocenters. The maximum absolute atomic E-state index is 10.6. The third-order valence-corrected chi connectivity index (χ3v) is 2.57. The van der Waals surface area contributed by atoms with Gasteiger partial charge in [0.25, 0.3) is 12.6 Å². The molecule has 2 rings (SSSR count). The molecule has 17 heavy (non-hydrogen) atoms. The molecule has 2 aliphatic rings. The van der Waals surface area contributed by atoms with Gasteiger partial charge in [0.15, 0.2) is 0 Å². The fraction of sp³-hybridized carbons (Fsp3) is 0.778. The van der Waals surface area contributed by atoms with E-state index >= 15 is 0 Å². The molecule has 0 amide bonds. The Kier molecular flexibility index (Phi) is 3.29. The van der Waals surface area contributed by atoms with Gasteiger partial charge in [0.1, 0.15) is 0 Å². The lowest BCUT2D eigenvalue weighted by Crippen LogP contribution is -2.54. The zero-order valence-electron chi connectivity index (χ0n) is 8.83. The molecule has 0 saturated carbocycles. The monoisotopic (exact) mass is 248 g/mol. The quantitative estimate of drug-likeness (QED) is 0.632. The predicted octanol–water partition coefficient (Wildman–Crippen LogP) is -1.11. The van der Waals surface area contributed by atoms with E-state index in [1.165, 1.54) is 0 Å². The van der Waals surface area contributed by atoms with Crippen molar-refractivity contribution in [3.63, 3.8) is 0 Å². The second-order valence-corrected chi connectivity index (χ2v) is 4.08. The fourth-order valence-corrected chi connectivity index (χ4v) is 1.64. The lowest BCUT2D eigenvalue weighted by Gasteiger charge is -2.41. The van der Waals surface area contributed by atoms with Gasteiger partial charge in [-0.25, -0.2) is 9.59 Å². The summed E-state index contributed by atoms with van der Waals surface area (Å²) in [4.78, 5) is 21.2. The Morgan fingerprint density at radius 1 is 0.824 bits per heavy atom. The highest BCUT2D eigenvalue weighted by Crippen LogP contribution is 2.30. The summed E-state index contributed by atoms with van der Waals surface area (Å²) < 4.78 is 20.0. The van der Waals surface area contributed by atoms with Crippen molar-refractivity contribution in [2.45, 2.75) is 12.6 Å². The van der Waals surface area contributed by atoms with Gasteiger partial charge in [-0.1, -0.05) is 0 Å². The first-order chi connectivity index (χ1) is 8.02. The molecule has 1 spiro atoms. The first kappa shape index (κ1) is 12.2.